The molecule has 2 N–H and O–H groups in total. The maximum absolute atomic E-state index is 13.0. The summed E-state index contributed by atoms with van der Waals surface area (Å²) in [6.45, 7) is 2.18. The quantitative estimate of drug-likeness (QED) is 0.374. The molecule has 4 aromatic rings. The number of aromatic nitrogens is 1. The topological polar surface area (TPSA) is 130 Å². The molecule has 0 aliphatic heterocycles. The number of hydrogen-bond donors (Lipinski definition) is 2. The van der Waals surface area contributed by atoms with E-state index in [9.17, 15) is 23.1 Å². The minimum atomic E-state index is -4.17. The van der Waals surface area contributed by atoms with Crippen molar-refractivity contribution in [2.24, 2.45) is 0 Å². The first-order valence-corrected chi connectivity index (χ1v) is 12.2. The number of sulfonamides is 1. The molecule has 10 heteroatoms. The van der Waals surface area contributed by atoms with Gasteiger partial charge in [0.1, 0.15) is 17.2 Å². The van der Waals surface area contributed by atoms with E-state index in [1.54, 1.807) is 37.5 Å². The summed E-state index contributed by atoms with van der Waals surface area (Å²) in [6, 6.07) is 13.5. The van der Waals surface area contributed by atoms with Crippen LogP contribution in [-0.4, -0.2) is 43.0 Å². The minimum absolute atomic E-state index is 0.0869. The smallest absolute Gasteiger partial charge is 0.321 e. The lowest BCUT2D eigenvalue weighted by Crippen LogP contribution is -2.42. The zero-order valence-electron chi connectivity index (χ0n) is 18.3. The first kappa shape index (κ1) is 23.4. The number of nitrogens with one attached hydrogen (secondary N) is 1. The fourth-order valence-corrected chi connectivity index (χ4v) is 5.04. The Labute approximate surface area is 196 Å². The monoisotopic (exact) mass is 481 g/mol. The Balaban J connectivity index is 1.52. The van der Waals surface area contributed by atoms with Crippen molar-refractivity contribution >= 4 is 49.5 Å². The van der Waals surface area contributed by atoms with Crippen LogP contribution in [-0.2, 0) is 19.6 Å². The van der Waals surface area contributed by atoms with Crippen LogP contribution in [0.4, 0.5) is 5.69 Å². The largest absolute Gasteiger partial charge is 0.480 e. The molecule has 0 bridgehead atoms. The van der Waals surface area contributed by atoms with Crippen molar-refractivity contribution in [1.82, 2.24) is 9.71 Å². The third kappa shape index (κ3) is 4.78. The van der Waals surface area contributed by atoms with Crippen LogP contribution < -0.4 is 9.62 Å². The van der Waals surface area contributed by atoms with Crippen LogP contribution in [0.2, 0.25) is 0 Å². The van der Waals surface area contributed by atoms with Gasteiger partial charge in [0.15, 0.2) is 0 Å². The minimum Gasteiger partial charge on any atom is -0.480 e. The number of nitrogens with zero attached hydrogens (tertiary/aromatic N) is 2. The number of carboxylic acid groups (broad SMARTS) is 1. The number of pyridine rings is 1. The number of fused-ring (bicyclic) bond motifs is 3. The van der Waals surface area contributed by atoms with E-state index >= 15 is 0 Å². The van der Waals surface area contributed by atoms with Crippen molar-refractivity contribution in [3.05, 3.63) is 67.0 Å². The molecule has 2 aromatic heterocycles. The van der Waals surface area contributed by atoms with Gasteiger partial charge in [-0.25, -0.2) is 8.42 Å². The van der Waals surface area contributed by atoms with Gasteiger partial charge < -0.3 is 14.4 Å². The molecule has 1 atom stereocenters. The summed E-state index contributed by atoms with van der Waals surface area (Å²) < 4.78 is 33.9. The van der Waals surface area contributed by atoms with Crippen LogP contribution in [0.1, 0.15) is 19.8 Å². The van der Waals surface area contributed by atoms with Gasteiger partial charge in [0.05, 0.1) is 4.90 Å². The SMILES string of the molecule is CCN(C(=O)CCC(NS(=O)(=O)c1ccc2oc3ccccc3c2c1)C(=O)O)c1ccncc1. The average Bonchev–Trinajstić information content (AvgIpc) is 3.20. The summed E-state index contributed by atoms with van der Waals surface area (Å²) in [7, 11) is -4.17. The van der Waals surface area contributed by atoms with E-state index in [4.69, 9.17) is 4.42 Å². The first-order chi connectivity index (χ1) is 16.3. The molecule has 0 spiro atoms. The predicted molar refractivity (Wildman–Crippen MR) is 127 cm³/mol. The Morgan fingerprint density at radius 1 is 1.06 bits per heavy atom. The number of carboxylic acids is 1. The summed E-state index contributed by atoms with van der Waals surface area (Å²) in [4.78, 5) is 29.8. The van der Waals surface area contributed by atoms with Crippen molar-refractivity contribution in [2.45, 2.75) is 30.7 Å². The molecule has 0 radical (unpaired) electrons. The number of hydrogen-bond acceptors (Lipinski definition) is 6. The fourth-order valence-electron chi connectivity index (χ4n) is 3.79. The van der Waals surface area contributed by atoms with Crippen molar-refractivity contribution in [1.29, 1.82) is 0 Å². The average molecular weight is 482 g/mol. The molecule has 0 fully saturated rings. The van der Waals surface area contributed by atoms with E-state index in [-0.39, 0.29) is 23.6 Å². The third-order valence-electron chi connectivity index (χ3n) is 5.49. The number of carbonyl (C=O) groups excluding carboxylic acids is 1. The van der Waals surface area contributed by atoms with Gasteiger partial charge in [-0.15, -0.1) is 0 Å². The van der Waals surface area contributed by atoms with E-state index in [1.807, 2.05) is 18.2 Å². The molecule has 0 aliphatic carbocycles. The Morgan fingerprint density at radius 3 is 2.47 bits per heavy atom. The second kappa shape index (κ2) is 9.62. The highest BCUT2D eigenvalue weighted by Gasteiger charge is 2.27. The number of amides is 1. The Kier molecular flexibility index (Phi) is 6.62. The standard InChI is InChI=1S/C24H23N3O6S/c1-2-27(16-11-13-25-14-12-16)23(28)10-8-20(24(29)30)26-34(31,32)17-7-9-22-19(15-17)18-5-3-4-6-21(18)33-22/h3-7,9,11-15,20,26H,2,8,10H2,1H3,(H,29,30). The summed E-state index contributed by atoms with van der Waals surface area (Å²) in [5, 5.41) is 11.0. The van der Waals surface area contributed by atoms with E-state index in [0.29, 0.717) is 28.8 Å². The second-order valence-corrected chi connectivity index (χ2v) is 9.36. The van der Waals surface area contributed by atoms with Gasteiger partial charge in [-0.2, -0.15) is 4.72 Å². The van der Waals surface area contributed by atoms with Gasteiger partial charge in [0.2, 0.25) is 15.9 Å². The van der Waals surface area contributed by atoms with Gasteiger partial charge in [0.25, 0.3) is 0 Å². The van der Waals surface area contributed by atoms with Gasteiger partial charge in [0, 0.05) is 41.8 Å². The maximum atomic E-state index is 13.0. The lowest BCUT2D eigenvalue weighted by Gasteiger charge is -2.22. The van der Waals surface area contributed by atoms with E-state index in [1.165, 1.54) is 23.1 Å². The number of para-hydroxylation sites is 1. The lowest BCUT2D eigenvalue weighted by molar-refractivity contribution is -0.139. The molecular weight excluding hydrogens is 458 g/mol. The van der Waals surface area contributed by atoms with Gasteiger partial charge in [-0.1, -0.05) is 18.2 Å². The number of furan rings is 1. The lowest BCUT2D eigenvalue weighted by atomic mass is 10.1. The molecule has 2 heterocycles. The van der Waals surface area contributed by atoms with Crippen molar-refractivity contribution in [2.75, 3.05) is 11.4 Å². The Hall–Kier alpha value is -3.76. The summed E-state index contributed by atoms with van der Waals surface area (Å²) >= 11 is 0. The predicted octanol–water partition coefficient (Wildman–Crippen LogP) is 3.55. The number of anilines is 1. The summed E-state index contributed by atoms with van der Waals surface area (Å²) in [5.74, 6) is -1.68. The fraction of sp³-hybridized carbons (Fsp3) is 0.208. The number of aliphatic carboxylic acids is 1. The van der Waals surface area contributed by atoms with Crippen LogP contribution >= 0.6 is 0 Å². The number of benzene rings is 2. The van der Waals surface area contributed by atoms with Crippen LogP contribution in [0.15, 0.2) is 76.3 Å². The zero-order chi connectivity index (χ0) is 24.3. The van der Waals surface area contributed by atoms with Crippen molar-refractivity contribution in [3.8, 4) is 0 Å². The summed E-state index contributed by atoms with van der Waals surface area (Å²) in [6.07, 6.45) is 2.76. The Bertz CT molecular complexity index is 1450. The molecule has 0 saturated heterocycles. The molecule has 2 aromatic carbocycles. The third-order valence-corrected chi connectivity index (χ3v) is 6.96. The highest BCUT2D eigenvalue weighted by Crippen LogP contribution is 2.30. The molecule has 4 rings (SSSR count). The Morgan fingerprint density at radius 2 is 1.76 bits per heavy atom. The molecule has 0 aliphatic rings. The van der Waals surface area contributed by atoms with Crippen LogP contribution in [0, 0.1) is 0 Å². The van der Waals surface area contributed by atoms with Crippen molar-refractivity contribution in [3.63, 3.8) is 0 Å². The van der Waals surface area contributed by atoms with Crippen molar-refractivity contribution < 1.29 is 27.5 Å². The molecule has 0 saturated carbocycles. The highest BCUT2D eigenvalue weighted by molar-refractivity contribution is 7.89. The molecule has 34 heavy (non-hydrogen) atoms. The van der Waals surface area contributed by atoms with E-state index < -0.39 is 22.0 Å². The van der Waals surface area contributed by atoms with Crippen LogP contribution in [0.25, 0.3) is 21.9 Å². The highest BCUT2D eigenvalue weighted by atomic mass is 32.2. The van der Waals surface area contributed by atoms with Gasteiger partial charge in [-0.05, 0) is 49.7 Å². The maximum Gasteiger partial charge on any atom is 0.321 e. The van der Waals surface area contributed by atoms with Crippen LogP contribution in [0.5, 0.6) is 0 Å². The molecule has 1 unspecified atom stereocenters. The molecular formula is C24H23N3O6S. The van der Waals surface area contributed by atoms with E-state index in [2.05, 4.69) is 9.71 Å². The normalized spacial score (nSPS) is 12.6. The second-order valence-electron chi connectivity index (χ2n) is 7.65. The summed E-state index contributed by atoms with van der Waals surface area (Å²) in [5.41, 5.74) is 1.78. The number of rotatable bonds is 9. The zero-order valence-corrected chi connectivity index (χ0v) is 19.2. The van der Waals surface area contributed by atoms with Gasteiger partial charge >= 0.3 is 5.97 Å². The first-order valence-electron chi connectivity index (χ1n) is 10.7. The molecule has 9 nitrogen and oxygen atoms in total. The van der Waals surface area contributed by atoms with E-state index in [0.717, 1.165) is 5.39 Å². The molecule has 176 valence electrons. The van der Waals surface area contributed by atoms with Crippen LogP contribution in [0.3, 0.4) is 0 Å². The number of carbonyl (C=O) groups is 2. The van der Waals surface area contributed by atoms with Gasteiger partial charge in [-0.3, -0.25) is 14.6 Å². The molecule has 1 amide bonds.